The zero-order valence-electron chi connectivity index (χ0n) is 9.84. The molecule has 96 valence electrons. The van der Waals surface area contributed by atoms with Gasteiger partial charge in [-0.25, -0.2) is 15.6 Å². The number of nitrogens with one attached hydrogen (secondary N) is 2. The van der Waals surface area contributed by atoms with Crippen molar-refractivity contribution in [2.24, 2.45) is 5.73 Å². The van der Waals surface area contributed by atoms with Crippen molar-refractivity contribution < 1.29 is 14.4 Å². The monoisotopic (exact) mass is 250 g/mol. The molecule has 0 atom stereocenters. The van der Waals surface area contributed by atoms with Gasteiger partial charge in [0.25, 0.3) is 5.91 Å². The zero-order valence-corrected chi connectivity index (χ0v) is 9.84. The van der Waals surface area contributed by atoms with E-state index in [2.05, 4.69) is 10.9 Å². The predicted octanol–water partition coefficient (Wildman–Crippen LogP) is 0.153. The fourth-order valence-electron chi connectivity index (χ4n) is 1.10. The smallest absolute Gasteiger partial charge is 0.349 e. The summed E-state index contributed by atoms with van der Waals surface area (Å²) in [5, 5.41) is 0.557. The fraction of sp³-hybridized carbons (Fsp3) is 0.182. The molecule has 0 aliphatic rings. The molecule has 4 amide bonds. The van der Waals surface area contributed by atoms with Crippen LogP contribution < -0.4 is 16.6 Å². The summed E-state index contributed by atoms with van der Waals surface area (Å²) in [5.74, 6) is -0.993. The zero-order chi connectivity index (χ0) is 13.5. The van der Waals surface area contributed by atoms with Crippen LogP contribution in [0.1, 0.15) is 23.7 Å². The van der Waals surface area contributed by atoms with E-state index in [-0.39, 0.29) is 6.42 Å². The molecule has 0 unspecified atom stereocenters. The SMILES string of the molecule is CCC(=O)NN(NC(=O)c1ccccc1)C(N)=O. The van der Waals surface area contributed by atoms with Gasteiger partial charge in [0.05, 0.1) is 0 Å². The van der Waals surface area contributed by atoms with E-state index in [9.17, 15) is 14.4 Å². The lowest BCUT2D eigenvalue weighted by Gasteiger charge is -2.21. The Labute approximate surface area is 104 Å². The number of primary amides is 1. The lowest BCUT2D eigenvalue weighted by molar-refractivity contribution is -0.125. The van der Waals surface area contributed by atoms with Gasteiger partial charge in [-0.1, -0.05) is 25.1 Å². The maximum absolute atomic E-state index is 11.7. The Hall–Kier alpha value is -2.57. The average Bonchev–Trinajstić information content (AvgIpc) is 2.38. The van der Waals surface area contributed by atoms with Gasteiger partial charge in [0.2, 0.25) is 5.91 Å². The highest BCUT2D eigenvalue weighted by Crippen LogP contribution is 1.98. The summed E-state index contributed by atoms with van der Waals surface area (Å²) in [6.45, 7) is 1.60. The molecule has 0 aliphatic carbocycles. The van der Waals surface area contributed by atoms with Crippen LogP contribution in [0, 0.1) is 0 Å². The molecule has 4 N–H and O–H groups in total. The Morgan fingerprint density at radius 2 is 1.78 bits per heavy atom. The van der Waals surface area contributed by atoms with E-state index >= 15 is 0 Å². The molecule has 1 rings (SSSR count). The topological polar surface area (TPSA) is 105 Å². The van der Waals surface area contributed by atoms with Crippen molar-refractivity contribution in [3.8, 4) is 0 Å². The van der Waals surface area contributed by atoms with Crippen LogP contribution in [0.4, 0.5) is 4.79 Å². The average molecular weight is 250 g/mol. The Balaban J connectivity index is 2.70. The number of amides is 4. The summed E-state index contributed by atoms with van der Waals surface area (Å²) in [6.07, 6.45) is 0.158. The molecule has 1 aromatic rings. The minimum absolute atomic E-state index is 0.158. The molecule has 7 nitrogen and oxygen atoms in total. The molecular formula is C11H14N4O3. The Kier molecular flexibility index (Phi) is 4.67. The maximum atomic E-state index is 11.7. The number of hydrazine groups is 2. The van der Waals surface area contributed by atoms with Crippen molar-refractivity contribution in [2.75, 3.05) is 0 Å². The summed E-state index contributed by atoms with van der Waals surface area (Å²) in [4.78, 5) is 33.9. The predicted molar refractivity (Wildman–Crippen MR) is 63.8 cm³/mol. The lowest BCUT2D eigenvalue weighted by atomic mass is 10.2. The molecule has 0 saturated carbocycles. The lowest BCUT2D eigenvalue weighted by Crippen LogP contribution is -2.57. The van der Waals surface area contributed by atoms with Crippen molar-refractivity contribution in [3.05, 3.63) is 35.9 Å². The van der Waals surface area contributed by atoms with Gasteiger partial charge in [-0.3, -0.25) is 9.59 Å². The van der Waals surface area contributed by atoms with Crippen LogP contribution >= 0.6 is 0 Å². The number of carbonyl (C=O) groups is 3. The molecule has 0 radical (unpaired) electrons. The van der Waals surface area contributed by atoms with Gasteiger partial charge >= 0.3 is 6.03 Å². The van der Waals surface area contributed by atoms with Crippen molar-refractivity contribution >= 4 is 17.8 Å². The Bertz CT molecular complexity index is 447. The number of urea groups is 1. The van der Waals surface area contributed by atoms with Crippen molar-refractivity contribution in [2.45, 2.75) is 13.3 Å². The van der Waals surface area contributed by atoms with Gasteiger partial charge in [-0.2, -0.15) is 0 Å². The molecular weight excluding hydrogens is 236 g/mol. The van der Waals surface area contributed by atoms with Crippen LogP contribution in [-0.2, 0) is 4.79 Å². The first-order valence-corrected chi connectivity index (χ1v) is 5.29. The highest BCUT2D eigenvalue weighted by Gasteiger charge is 2.16. The Morgan fingerprint density at radius 1 is 1.17 bits per heavy atom. The highest BCUT2D eigenvalue weighted by atomic mass is 16.2. The van der Waals surface area contributed by atoms with Gasteiger partial charge in [-0.05, 0) is 12.1 Å². The van der Waals surface area contributed by atoms with E-state index in [4.69, 9.17) is 5.73 Å². The highest BCUT2D eigenvalue weighted by molar-refractivity contribution is 5.95. The number of hydrogen-bond acceptors (Lipinski definition) is 3. The van der Waals surface area contributed by atoms with E-state index in [0.717, 1.165) is 0 Å². The summed E-state index contributed by atoms with van der Waals surface area (Å²) >= 11 is 0. The van der Waals surface area contributed by atoms with Gasteiger partial charge in [-0.15, -0.1) is 5.12 Å². The largest absolute Gasteiger partial charge is 0.353 e. The first-order chi connectivity index (χ1) is 8.54. The van der Waals surface area contributed by atoms with Crippen molar-refractivity contribution in [1.29, 1.82) is 0 Å². The van der Waals surface area contributed by atoms with Gasteiger partial charge in [0.1, 0.15) is 0 Å². The van der Waals surface area contributed by atoms with Crippen molar-refractivity contribution in [1.82, 2.24) is 16.0 Å². The first-order valence-electron chi connectivity index (χ1n) is 5.29. The molecule has 0 bridgehead atoms. The summed E-state index contributed by atoms with van der Waals surface area (Å²) in [5.41, 5.74) is 9.71. The van der Waals surface area contributed by atoms with Crippen LogP contribution in [0.3, 0.4) is 0 Å². The second-order valence-electron chi connectivity index (χ2n) is 3.37. The standard InChI is InChI=1S/C11H14N4O3/c1-2-9(16)13-15(11(12)18)14-10(17)8-6-4-3-5-7-8/h3-7H,2H2,1H3,(H2,12,18)(H,13,16)(H,14,17). The van der Waals surface area contributed by atoms with Crippen molar-refractivity contribution in [3.63, 3.8) is 0 Å². The van der Waals surface area contributed by atoms with Crippen LogP contribution in [0.15, 0.2) is 30.3 Å². The number of nitrogens with zero attached hydrogens (tertiary/aromatic N) is 1. The first kappa shape index (κ1) is 13.5. The van der Waals surface area contributed by atoms with E-state index in [1.54, 1.807) is 37.3 Å². The summed E-state index contributed by atoms with van der Waals surface area (Å²) in [6, 6.07) is 7.25. The van der Waals surface area contributed by atoms with Gasteiger partial charge in [0.15, 0.2) is 0 Å². The van der Waals surface area contributed by atoms with Crippen LogP contribution in [0.2, 0.25) is 0 Å². The number of rotatable bonds is 2. The normalized spacial score (nSPS) is 9.39. The second-order valence-corrected chi connectivity index (χ2v) is 3.37. The molecule has 0 aromatic heterocycles. The molecule has 0 saturated heterocycles. The third-order valence-corrected chi connectivity index (χ3v) is 2.03. The Morgan fingerprint density at radius 3 is 2.28 bits per heavy atom. The van der Waals surface area contributed by atoms with E-state index in [1.807, 2.05) is 0 Å². The second kappa shape index (κ2) is 6.24. The summed E-state index contributed by atoms with van der Waals surface area (Å²) < 4.78 is 0. The third-order valence-electron chi connectivity index (χ3n) is 2.03. The van der Waals surface area contributed by atoms with Crippen LogP contribution in [0.25, 0.3) is 0 Å². The molecule has 7 heteroatoms. The third kappa shape index (κ3) is 3.78. The van der Waals surface area contributed by atoms with Crippen LogP contribution in [0.5, 0.6) is 0 Å². The van der Waals surface area contributed by atoms with Gasteiger partial charge in [0, 0.05) is 12.0 Å². The molecule has 0 heterocycles. The quantitative estimate of drug-likeness (QED) is 0.651. The van der Waals surface area contributed by atoms with E-state index < -0.39 is 17.8 Å². The fourth-order valence-corrected chi connectivity index (χ4v) is 1.10. The number of nitrogens with two attached hydrogens (primary N) is 1. The minimum Gasteiger partial charge on any atom is -0.349 e. The molecule has 0 fully saturated rings. The summed E-state index contributed by atoms with van der Waals surface area (Å²) in [7, 11) is 0. The molecule has 18 heavy (non-hydrogen) atoms. The number of hydrogen-bond donors (Lipinski definition) is 3. The van der Waals surface area contributed by atoms with E-state index in [0.29, 0.717) is 10.7 Å². The molecule has 1 aromatic carbocycles. The molecule has 0 aliphatic heterocycles. The minimum atomic E-state index is -0.985. The van der Waals surface area contributed by atoms with Crippen LogP contribution in [-0.4, -0.2) is 23.0 Å². The molecule has 0 spiro atoms. The number of carbonyl (C=O) groups excluding carboxylic acids is 3. The maximum Gasteiger partial charge on any atom is 0.353 e. The van der Waals surface area contributed by atoms with E-state index in [1.165, 1.54) is 0 Å². The van der Waals surface area contributed by atoms with Gasteiger partial charge < -0.3 is 5.73 Å². The number of benzene rings is 1.